The van der Waals surface area contributed by atoms with Gasteiger partial charge >= 0.3 is 0 Å². The molecule has 0 radical (unpaired) electrons. The summed E-state index contributed by atoms with van der Waals surface area (Å²) in [6.45, 7) is 7.55. The van der Waals surface area contributed by atoms with Gasteiger partial charge < -0.3 is 14.5 Å². The lowest BCUT2D eigenvalue weighted by Crippen LogP contribution is -2.25. The lowest BCUT2D eigenvalue weighted by molar-refractivity contribution is 0.483. The van der Waals surface area contributed by atoms with Crippen molar-refractivity contribution in [2.75, 3.05) is 16.5 Å². The third-order valence-corrected chi connectivity index (χ3v) is 12.7. The molecule has 2 aliphatic rings. The molecule has 10 aromatic rings. The topological polar surface area (TPSA) is 33.5 Å². The van der Waals surface area contributed by atoms with Crippen molar-refractivity contribution in [3.05, 3.63) is 206 Å². The van der Waals surface area contributed by atoms with Crippen LogP contribution in [0.4, 0.5) is 22.7 Å². The van der Waals surface area contributed by atoms with Gasteiger partial charge in [-0.25, -0.2) is 4.98 Å². The number of fused-ring (bicyclic) bond motifs is 23. The standard InChI is InChI=1S/C58H44N4O/c1-58(2,3)41-33-49(38-16-5-4-6-17-38)57-50(34-41)46-23-8-7-22-45(46)39-18-13-19-40(32-39)51-25-15-29-56(59-51)62-52-26-10-9-24-47(52)48-31-30-44(36-55(48)62)63-43-21-14-20-42(35-43)60-37-61(57)54-28-12-11-27-53(54)60/h4-36H,37H2,1-3H3. The molecule has 0 amide bonds. The van der Waals surface area contributed by atoms with Crippen LogP contribution in [0, 0.1) is 0 Å². The summed E-state index contributed by atoms with van der Waals surface area (Å²) in [4.78, 5) is 10.3. The third kappa shape index (κ3) is 6.19. The Kier molecular flexibility index (Phi) is 8.41. The number of pyridine rings is 1. The van der Waals surface area contributed by atoms with Crippen LogP contribution in [0.2, 0.25) is 0 Å². The van der Waals surface area contributed by atoms with Crippen molar-refractivity contribution in [3.8, 4) is 62.0 Å². The highest BCUT2D eigenvalue weighted by Gasteiger charge is 2.33. The van der Waals surface area contributed by atoms with Crippen LogP contribution in [-0.2, 0) is 5.41 Å². The number of anilines is 4. The van der Waals surface area contributed by atoms with Gasteiger partial charge in [0.25, 0.3) is 0 Å². The molecule has 0 aliphatic carbocycles. The molecule has 0 saturated heterocycles. The monoisotopic (exact) mass is 812 g/mol. The number of benzene rings is 8. The zero-order chi connectivity index (χ0) is 42.2. The lowest BCUT2D eigenvalue weighted by Gasteiger charge is -2.31. The smallest absolute Gasteiger partial charge is 0.138 e. The summed E-state index contributed by atoms with van der Waals surface area (Å²) >= 11 is 0. The highest BCUT2D eigenvalue weighted by atomic mass is 16.5. The van der Waals surface area contributed by atoms with Gasteiger partial charge in [0.2, 0.25) is 0 Å². The van der Waals surface area contributed by atoms with Crippen molar-refractivity contribution in [2.45, 2.75) is 26.2 Å². The number of hydrogen-bond acceptors (Lipinski definition) is 4. The number of ether oxygens (including phenoxy) is 1. The van der Waals surface area contributed by atoms with Gasteiger partial charge in [0.1, 0.15) is 24.0 Å². The maximum Gasteiger partial charge on any atom is 0.138 e. The van der Waals surface area contributed by atoms with E-state index in [2.05, 4.69) is 229 Å². The molecule has 0 saturated carbocycles. The molecular weight excluding hydrogens is 769 g/mol. The summed E-state index contributed by atoms with van der Waals surface area (Å²) in [5, 5.41) is 2.32. The van der Waals surface area contributed by atoms with Gasteiger partial charge in [0.05, 0.1) is 33.8 Å². The lowest BCUT2D eigenvalue weighted by atomic mass is 9.81. The van der Waals surface area contributed by atoms with Gasteiger partial charge in [-0.15, -0.1) is 0 Å². The van der Waals surface area contributed by atoms with Gasteiger partial charge in [-0.05, 0) is 106 Å². The van der Waals surface area contributed by atoms with Crippen molar-refractivity contribution in [2.24, 2.45) is 0 Å². The van der Waals surface area contributed by atoms with Crippen LogP contribution < -0.4 is 14.5 Å². The molecule has 0 atom stereocenters. The van der Waals surface area contributed by atoms with E-state index in [1.54, 1.807) is 0 Å². The van der Waals surface area contributed by atoms with Crippen molar-refractivity contribution in [3.63, 3.8) is 0 Å². The highest BCUT2D eigenvalue weighted by molar-refractivity contribution is 6.09. The molecule has 2 aromatic heterocycles. The number of rotatable bonds is 1. The predicted molar refractivity (Wildman–Crippen MR) is 261 cm³/mol. The van der Waals surface area contributed by atoms with Crippen molar-refractivity contribution >= 4 is 44.6 Å². The van der Waals surface area contributed by atoms with E-state index >= 15 is 0 Å². The molecule has 302 valence electrons. The number of nitrogens with zero attached hydrogens (tertiary/aromatic N) is 4. The number of hydrogen-bond donors (Lipinski definition) is 0. The molecule has 0 spiro atoms. The second kappa shape index (κ2) is 14.4. The first-order valence-corrected chi connectivity index (χ1v) is 21.7. The maximum absolute atomic E-state index is 6.80. The van der Waals surface area contributed by atoms with E-state index in [0.29, 0.717) is 6.67 Å². The minimum absolute atomic E-state index is 0.114. The summed E-state index contributed by atoms with van der Waals surface area (Å²) in [6, 6.07) is 72.1. The molecule has 4 heterocycles. The summed E-state index contributed by atoms with van der Waals surface area (Å²) in [5.41, 5.74) is 16.8. The maximum atomic E-state index is 6.80. The van der Waals surface area contributed by atoms with Crippen LogP contribution in [0.5, 0.6) is 11.5 Å². The van der Waals surface area contributed by atoms with Crippen LogP contribution in [0.3, 0.4) is 0 Å². The Bertz CT molecular complexity index is 3410. The van der Waals surface area contributed by atoms with Crippen LogP contribution in [0.15, 0.2) is 200 Å². The molecule has 5 nitrogen and oxygen atoms in total. The Hall–Kier alpha value is -7.89. The van der Waals surface area contributed by atoms with Gasteiger partial charge in [-0.3, -0.25) is 4.57 Å². The average molecular weight is 813 g/mol. The Balaban J connectivity index is 1.16. The van der Waals surface area contributed by atoms with Crippen LogP contribution in [0.25, 0.3) is 72.3 Å². The SMILES string of the molecule is CC(C)(C)c1cc(-c2ccccc2)c2c(c1)-c1ccccc1-c1cccc(c1)-c1cccc(n1)-n1c3ccccc3c3ccc(cc31)Oc1cccc(c1)N1CN2c2ccccc21. The number of para-hydroxylation sites is 3. The summed E-state index contributed by atoms with van der Waals surface area (Å²) in [6.07, 6.45) is 0. The largest absolute Gasteiger partial charge is 0.457 e. The van der Waals surface area contributed by atoms with E-state index in [1.165, 1.54) is 38.9 Å². The van der Waals surface area contributed by atoms with Gasteiger partial charge in [-0.1, -0.05) is 136 Å². The van der Waals surface area contributed by atoms with Crippen LogP contribution in [0.1, 0.15) is 26.3 Å². The van der Waals surface area contributed by atoms with E-state index in [-0.39, 0.29) is 5.41 Å². The minimum Gasteiger partial charge on any atom is -0.457 e. The Morgan fingerprint density at radius 3 is 1.98 bits per heavy atom. The molecule has 2 aliphatic heterocycles. The first-order chi connectivity index (χ1) is 30.9. The van der Waals surface area contributed by atoms with Crippen LogP contribution >= 0.6 is 0 Å². The van der Waals surface area contributed by atoms with Gasteiger partial charge in [0, 0.05) is 45.3 Å². The zero-order valence-electron chi connectivity index (χ0n) is 35.5. The number of aromatic nitrogens is 2. The molecule has 0 fully saturated rings. The van der Waals surface area contributed by atoms with Gasteiger partial charge in [-0.2, -0.15) is 0 Å². The summed E-state index contributed by atoms with van der Waals surface area (Å²) < 4.78 is 9.06. The molecular formula is C58H44N4O. The van der Waals surface area contributed by atoms with E-state index in [0.717, 1.165) is 73.2 Å². The predicted octanol–water partition coefficient (Wildman–Crippen LogP) is 15.5. The molecule has 0 N–H and O–H groups in total. The fraction of sp³-hybridized carbons (Fsp3) is 0.0862. The molecule has 12 rings (SSSR count). The minimum atomic E-state index is -0.114. The highest BCUT2D eigenvalue weighted by Crippen LogP contribution is 2.53. The van der Waals surface area contributed by atoms with Crippen LogP contribution in [-0.4, -0.2) is 16.2 Å². The van der Waals surface area contributed by atoms with E-state index in [4.69, 9.17) is 9.72 Å². The average Bonchev–Trinajstić information content (AvgIpc) is 3.87. The second-order valence-electron chi connectivity index (χ2n) is 17.7. The van der Waals surface area contributed by atoms with Gasteiger partial charge in [0.15, 0.2) is 0 Å². The normalized spacial score (nSPS) is 13.0. The molecule has 63 heavy (non-hydrogen) atoms. The third-order valence-electron chi connectivity index (χ3n) is 12.7. The molecule has 8 aromatic carbocycles. The van der Waals surface area contributed by atoms with E-state index < -0.39 is 0 Å². The summed E-state index contributed by atoms with van der Waals surface area (Å²) in [7, 11) is 0. The Labute approximate surface area is 367 Å². The molecule has 5 heteroatoms. The fourth-order valence-electron chi connectivity index (χ4n) is 9.66. The van der Waals surface area contributed by atoms with Crippen molar-refractivity contribution in [1.82, 2.24) is 9.55 Å². The summed E-state index contributed by atoms with van der Waals surface area (Å²) in [5.74, 6) is 2.38. The van der Waals surface area contributed by atoms with Crippen molar-refractivity contribution in [1.29, 1.82) is 0 Å². The molecule has 10 bridgehead atoms. The molecule has 0 unspecified atom stereocenters. The fourth-order valence-corrected chi connectivity index (χ4v) is 9.66. The first-order valence-electron chi connectivity index (χ1n) is 21.7. The Morgan fingerprint density at radius 2 is 1.13 bits per heavy atom. The van der Waals surface area contributed by atoms with E-state index in [1.807, 2.05) is 6.07 Å². The first kappa shape index (κ1) is 36.9. The van der Waals surface area contributed by atoms with Crippen molar-refractivity contribution < 1.29 is 4.74 Å². The zero-order valence-corrected chi connectivity index (χ0v) is 35.5. The van der Waals surface area contributed by atoms with E-state index in [9.17, 15) is 0 Å². The Morgan fingerprint density at radius 1 is 0.460 bits per heavy atom. The second-order valence-corrected chi connectivity index (χ2v) is 17.7. The quantitative estimate of drug-likeness (QED) is 0.165.